The molecule has 1 aliphatic heterocycles. The highest BCUT2D eigenvalue weighted by atomic mass is 15.2. The van der Waals surface area contributed by atoms with E-state index in [0.29, 0.717) is 10.8 Å². The molecule has 2 bridgehead atoms. The van der Waals surface area contributed by atoms with Gasteiger partial charge < -0.3 is 5.32 Å². The fraction of sp³-hybridized carbons (Fsp3) is 1.00. The van der Waals surface area contributed by atoms with Gasteiger partial charge in [0.15, 0.2) is 0 Å². The van der Waals surface area contributed by atoms with Gasteiger partial charge in [0.2, 0.25) is 0 Å². The van der Waals surface area contributed by atoms with Crippen molar-refractivity contribution in [2.75, 3.05) is 19.6 Å². The average molecular weight is 264 g/mol. The predicted molar refractivity (Wildman–Crippen MR) is 81.3 cm³/mol. The molecule has 0 amide bonds. The zero-order valence-corrected chi connectivity index (χ0v) is 13.3. The first-order valence-corrected chi connectivity index (χ1v) is 8.45. The first-order chi connectivity index (χ1) is 8.97. The van der Waals surface area contributed by atoms with E-state index in [1.54, 1.807) is 0 Å². The summed E-state index contributed by atoms with van der Waals surface area (Å²) in [6.07, 6.45) is 7.16. The van der Waals surface area contributed by atoms with E-state index >= 15 is 0 Å². The molecule has 2 saturated carbocycles. The van der Waals surface area contributed by atoms with Crippen molar-refractivity contribution in [2.24, 2.45) is 16.7 Å². The Morgan fingerprint density at radius 1 is 1.21 bits per heavy atom. The van der Waals surface area contributed by atoms with Crippen molar-refractivity contribution >= 4 is 0 Å². The van der Waals surface area contributed by atoms with Crippen LogP contribution in [0.2, 0.25) is 0 Å². The molecule has 1 N–H and O–H groups in total. The number of rotatable bonds is 4. The monoisotopic (exact) mass is 264 g/mol. The highest BCUT2D eigenvalue weighted by molar-refractivity contribution is 5.12. The minimum atomic E-state index is 0.503. The van der Waals surface area contributed by atoms with Crippen LogP contribution in [-0.4, -0.2) is 36.6 Å². The standard InChI is InChI=1S/C17H32N2/c1-5-19-10-6-7-14(19)12-18-15-16(2,3)13-8-9-17(15,4)11-13/h13-15,18H,5-12H2,1-4H3. The normalized spacial score (nSPS) is 45.2. The molecule has 2 nitrogen and oxygen atoms in total. The second-order valence-corrected chi connectivity index (χ2v) is 8.18. The summed E-state index contributed by atoms with van der Waals surface area (Å²) in [5, 5.41) is 4.01. The first-order valence-electron chi connectivity index (χ1n) is 8.45. The van der Waals surface area contributed by atoms with Gasteiger partial charge in [-0.1, -0.05) is 27.7 Å². The molecular formula is C17H32N2. The van der Waals surface area contributed by atoms with Crippen LogP contribution in [0.25, 0.3) is 0 Å². The molecule has 3 fully saturated rings. The second-order valence-electron chi connectivity index (χ2n) is 8.18. The van der Waals surface area contributed by atoms with Crippen molar-refractivity contribution in [3.63, 3.8) is 0 Å². The highest BCUT2D eigenvalue weighted by Crippen LogP contribution is 2.62. The highest BCUT2D eigenvalue weighted by Gasteiger charge is 2.59. The average Bonchev–Trinajstić information content (AvgIpc) is 2.99. The maximum Gasteiger partial charge on any atom is 0.0221 e. The maximum absolute atomic E-state index is 4.01. The predicted octanol–water partition coefficient (Wildman–Crippen LogP) is 3.28. The van der Waals surface area contributed by atoms with Crippen molar-refractivity contribution in [3.8, 4) is 0 Å². The van der Waals surface area contributed by atoms with Gasteiger partial charge in [-0.25, -0.2) is 0 Å². The molecule has 0 aromatic rings. The zero-order valence-electron chi connectivity index (χ0n) is 13.3. The van der Waals surface area contributed by atoms with E-state index in [0.717, 1.165) is 18.0 Å². The van der Waals surface area contributed by atoms with Crippen LogP contribution >= 0.6 is 0 Å². The third-order valence-electron chi connectivity index (χ3n) is 6.73. The van der Waals surface area contributed by atoms with Gasteiger partial charge in [0, 0.05) is 18.6 Å². The summed E-state index contributed by atoms with van der Waals surface area (Å²) in [5.41, 5.74) is 1.08. The molecule has 0 aromatic carbocycles. The van der Waals surface area contributed by atoms with Crippen LogP contribution in [0.1, 0.15) is 59.8 Å². The smallest absolute Gasteiger partial charge is 0.0221 e. The van der Waals surface area contributed by atoms with E-state index in [9.17, 15) is 0 Å². The number of hydrogen-bond acceptors (Lipinski definition) is 2. The Morgan fingerprint density at radius 3 is 2.63 bits per heavy atom. The van der Waals surface area contributed by atoms with Gasteiger partial charge in [0.1, 0.15) is 0 Å². The maximum atomic E-state index is 4.01. The van der Waals surface area contributed by atoms with Gasteiger partial charge in [-0.2, -0.15) is 0 Å². The molecule has 19 heavy (non-hydrogen) atoms. The number of likely N-dealkylation sites (N-methyl/N-ethyl adjacent to an activating group) is 1. The van der Waals surface area contributed by atoms with Crippen molar-refractivity contribution in [2.45, 2.75) is 71.9 Å². The quantitative estimate of drug-likeness (QED) is 0.838. The van der Waals surface area contributed by atoms with E-state index < -0.39 is 0 Å². The third-order valence-corrected chi connectivity index (χ3v) is 6.73. The van der Waals surface area contributed by atoms with E-state index in [1.807, 2.05) is 0 Å². The van der Waals surface area contributed by atoms with E-state index in [-0.39, 0.29) is 0 Å². The number of hydrogen-bond donors (Lipinski definition) is 1. The molecule has 3 aliphatic rings. The molecule has 0 radical (unpaired) electrons. The Balaban J connectivity index is 1.63. The molecule has 110 valence electrons. The van der Waals surface area contributed by atoms with Gasteiger partial charge >= 0.3 is 0 Å². The van der Waals surface area contributed by atoms with Crippen LogP contribution < -0.4 is 5.32 Å². The lowest BCUT2D eigenvalue weighted by atomic mass is 9.68. The Morgan fingerprint density at radius 2 is 2.00 bits per heavy atom. The summed E-state index contributed by atoms with van der Waals surface area (Å²) in [7, 11) is 0. The lowest BCUT2D eigenvalue weighted by Crippen LogP contribution is -2.53. The summed E-state index contributed by atoms with van der Waals surface area (Å²) < 4.78 is 0. The molecule has 4 atom stereocenters. The van der Waals surface area contributed by atoms with Crippen molar-refractivity contribution in [1.82, 2.24) is 10.2 Å². The Labute approximate surface area is 119 Å². The topological polar surface area (TPSA) is 15.3 Å². The van der Waals surface area contributed by atoms with Gasteiger partial charge in [-0.15, -0.1) is 0 Å². The molecular weight excluding hydrogens is 232 g/mol. The van der Waals surface area contributed by atoms with Crippen LogP contribution in [0, 0.1) is 16.7 Å². The van der Waals surface area contributed by atoms with Crippen molar-refractivity contribution in [1.29, 1.82) is 0 Å². The van der Waals surface area contributed by atoms with E-state index in [4.69, 9.17) is 0 Å². The second kappa shape index (κ2) is 4.73. The van der Waals surface area contributed by atoms with Crippen LogP contribution in [-0.2, 0) is 0 Å². The molecule has 3 rings (SSSR count). The molecule has 4 unspecified atom stereocenters. The van der Waals surface area contributed by atoms with Crippen LogP contribution in [0.3, 0.4) is 0 Å². The number of nitrogens with one attached hydrogen (secondary N) is 1. The van der Waals surface area contributed by atoms with Crippen LogP contribution in [0.15, 0.2) is 0 Å². The number of nitrogens with zero attached hydrogens (tertiary/aromatic N) is 1. The minimum Gasteiger partial charge on any atom is -0.311 e. The van der Waals surface area contributed by atoms with E-state index in [2.05, 4.69) is 37.9 Å². The minimum absolute atomic E-state index is 0.503. The largest absolute Gasteiger partial charge is 0.311 e. The van der Waals surface area contributed by atoms with Crippen molar-refractivity contribution < 1.29 is 0 Å². The lowest BCUT2D eigenvalue weighted by molar-refractivity contribution is 0.101. The summed E-state index contributed by atoms with van der Waals surface area (Å²) in [5.74, 6) is 0.959. The van der Waals surface area contributed by atoms with Crippen molar-refractivity contribution in [3.05, 3.63) is 0 Å². The SMILES string of the molecule is CCN1CCCC1CNC1C2(C)CCC(C2)C1(C)C. The summed E-state index contributed by atoms with van der Waals surface area (Å²) in [4.78, 5) is 2.66. The molecule has 2 aliphatic carbocycles. The summed E-state index contributed by atoms with van der Waals surface area (Å²) >= 11 is 0. The van der Waals surface area contributed by atoms with Gasteiger partial charge in [0.25, 0.3) is 0 Å². The fourth-order valence-corrected chi connectivity index (χ4v) is 5.61. The fourth-order valence-electron chi connectivity index (χ4n) is 5.61. The zero-order chi connectivity index (χ0) is 13.7. The Bertz CT molecular complexity index is 333. The molecule has 0 spiro atoms. The van der Waals surface area contributed by atoms with Gasteiger partial charge in [-0.05, 0) is 61.9 Å². The molecule has 2 heteroatoms. The molecule has 1 saturated heterocycles. The Kier molecular flexibility index (Phi) is 3.46. The van der Waals surface area contributed by atoms with Gasteiger partial charge in [-0.3, -0.25) is 4.90 Å². The molecule has 0 aromatic heterocycles. The lowest BCUT2D eigenvalue weighted by Gasteiger charge is -2.44. The first kappa shape index (κ1) is 13.9. The van der Waals surface area contributed by atoms with Gasteiger partial charge in [0.05, 0.1) is 0 Å². The van der Waals surface area contributed by atoms with Crippen LogP contribution in [0.5, 0.6) is 0 Å². The van der Waals surface area contributed by atoms with Crippen LogP contribution in [0.4, 0.5) is 0 Å². The number of likely N-dealkylation sites (tertiary alicyclic amines) is 1. The van der Waals surface area contributed by atoms with E-state index in [1.165, 1.54) is 51.7 Å². The number of fused-ring (bicyclic) bond motifs is 2. The summed E-state index contributed by atoms with van der Waals surface area (Å²) in [6, 6.07) is 1.53. The third kappa shape index (κ3) is 2.15. The molecule has 1 heterocycles. The summed E-state index contributed by atoms with van der Waals surface area (Å²) in [6.45, 7) is 13.6. The Hall–Kier alpha value is -0.0800.